The van der Waals surface area contributed by atoms with E-state index in [1.165, 1.54) is 42.7 Å². The van der Waals surface area contributed by atoms with Crippen molar-refractivity contribution in [3.8, 4) is 11.5 Å². The third-order valence-electron chi connectivity index (χ3n) is 8.94. The second-order valence-corrected chi connectivity index (χ2v) is 14.1. The predicted octanol–water partition coefficient (Wildman–Crippen LogP) is 3.97. The lowest BCUT2D eigenvalue weighted by Crippen LogP contribution is -2.20. The molecular formula is C38H43N11O7S. The number of primary amides is 2. The molecule has 7 N–H and O–H groups in total. The predicted molar refractivity (Wildman–Crippen MR) is 214 cm³/mol. The first-order valence-corrected chi connectivity index (χ1v) is 18.9. The highest BCUT2D eigenvalue weighted by molar-refractivity contribution is 7.13. The van der Waals surface area contributed by atoms with Gasteiger partial charge in [0.2, 0.25) is 23.7 Å². The van der Waals surface area contributed by atoms with Crippen LogP contribution in [0.4, 0.5) is 11.9 Å². The number of nitrogens with two attached hydrogens (primary N) is 2. The number of thiazole rings is 1. The second-order valence-electron chi connectivity index (χ2n) is 12.9. The number of anilines is 2. The summed E-state index contributed by atoms with van der Waals surface area (Å²) in [5, 5.41) is 20.4. The van der Waals surface area contributed by atoms with Gasteiger partial charge in [-0.3, -0.25) is 34.5 Å². The van der Waals surface area contributed by atoms with E-state index in [1.54, 1.807) is 26.8 Å². The fourth-order valence-corrected chi connectivity index (χ4v) is 7.25. The number of hydrogen-bond acceptors (Lipinski definition) is 12. The molecule has 0 saturated carbocycles. The molecule has 0 aliphatic heterocycles. The first-order chi connectivity index (χ1) is 27.4. The van der Waals surface area contributed by atoms with Crippen molar-refractivity contribution < 1.29 is 33.8 Å². The van der Waals surface area contributed by atoms with Gasteiger partial charge in [-0.05, 0) is 57.5 Å². The zero-order valence-electron chi connectivity index (χ0n) is 32.1. The normalized spacial score (nSPS) is 11.5. The van der Waals surface area contributed by atoms with Crippen molar-refractivity contribution in [2.45, 2.75) is 60.2 Å². The van der Waals surface area contributed by atoms with Crippen molar-refractivity contribution in [3.63, 3.8) is 0 Å². The fourth-order valence-electron chi connectivity index (χ4n) is 6.34. The molecule has 0 spiro atoms. The Morgan fingerprint density at radius 3 is 1.96 bits per heavy atom. The number of nitrogens with zero attached hydrogens (tertiary/aromatic N) is 7. The van der Waals surface area contributed by atoms with Crippen LogP contribution in [-0.4, -0.2) is 82.9 Å². The molecule has 2 aromatic carbocycles. The first kappa shape index (κ1) is 40.1. The summed E-state index contributed by atoms with van der Waals surface area (Å²) in [4.78, 5) is 66.1. The molecule has 4 heterocycles. The van der Waals surface area contributed by atoms with E-state index in [9.17, 15) is 24.3 Å². The smallest absolute Gasteiger partial charge is 0.276 e. The monoisotopic (exact) mass is 797 g/mol. The Morgan fingerprint density at radius 2 is 1.42 bits per heavy atom. The first-order valence-electron chi connectivity index (χ1n) is 18.1. The summed E-state index contributed by atoms with van der Waals surface area (Å²) in [5.74, 6) is -1.28. The number of carbonyl (C=O) groups is 4. The van der Waals surface area contributed by atoms with Crippen molar-refractivity contribution in [1.82, 2.24) is 33.9 Å². The Balaban J connectivity index is 1.41. The maximum absolute atomic E-state index is 13.7. The quantitative estimate of drug-likeness (QED) is 0.0653. The zero-order chi connectivity index (χ0) is 41.0. The Bertz CT molecular complexity index is 2550. The number of aromatic nitrogens is 7. The molecule has 18 nitrogen and oxygen atoms in total. The summed E-state index contributed by atoms with van der Waals surface area (Å²) in [6.45, 7) is 8.22. The van der Waals surface area contributed by atoms with Crippen molar-refractivity contribution in [1.29, 1.82) is 0 Å². The molecule has 0 fully saturated rings. The molecule has 0 aliphatic rings. The van der Waals surface area contributed by atoms with E-state index < -0.39 is 23.6 Å². The van der Waals surface area contributed by atoms with Crippen LogP contribution in [0.3, 0.4) is 0 Å². The van der Waals surface area contributed by atoms with Gasteiger partial charge in [0, 0.05) is 43.8 Å². The van der Waals surface area contributed by atoms with Gasteiger partial charge < -0.3 is 35.2 Å². The number of fused-ring (bicyclic) bond motifs is 2. The molecule has 6 aromatic rings. The van der Waals surface area contributed by atoms with Gasteiger partial charge in [-0.1, -0.05) is 19.1 Å². The number of hydrogen-bond donors (Lipinski definition) is 5. The van der Waals surface area contributed by atoms with Gasteiger partial charge in [0.05, 0.1) is 41.1 Å². The highest BCUT2D eigenvalue weighted by Gasteiger charge is 2.24. The minimum absolute atomic E-state index is 0.113. The number of benzene rings is 2. The van der Waals surface area contributed by atoms with Crippen molar-refractivity contribution in [2.75, 3.05) is 31.0 Å². The Morgan fingerprint density at radius 1 is 0.842 bits per heavy atom. The molecule has 0 unspecified atom stereocenters. The molecule has 6 rings (SSSR count). The summed E-state index contributed by atoms with van der Waals surface area (Å²) >= 11 is 1.27. The van der Waals surface area contributed by atoms with Crippen LogP contribution in [0.2, 0.25) is 0 Å². The van der Waals surface area contributed by atoms with E-state index in [0.717, 1.165) is 5.01 Å². The van der Waals surface area contributed by atoms with Gasteiger partial charge in [-0.2, -0.15) is 5.10 Å². The van der Waals surface area contributed by atoms with Crippen LogP contribution < -0.4 is 31.6 Å². The third kappa shape index (κ3) is 8.33. The number of nitrogens with one attached hydrogen (secondary N) is 2. The standard InChI is InChI=1S/C38H43N11O7S/c1-6-24-32(57-21(4)41-24)36(54)45-38-43-26-17-23(34(40)52)19-29(56-14-10-13-50)31(26)48(38)12-9-8-11-47-30-25(16-22(33(39)51)18-28(30)55-5)42-37(47)44-35(53)27-15-20(3)46-49(27)7-2/h8-9,15-19,50H,6-7,10-14H2,1-5H3,(H2,39,51)(H2,40,52)(H,42,44,53)(H,43,45,54)/b9-8+. The maximum atomic E-state index is 13.7. The number of ether oxygens (including phenoxy) is 2. The number of aliphatic hydroxyl groups is 1. The Hall–Kier alpha value is -6.60. The van der Waals surface area contributed by atoms with Crippen LogP contribution in [0.15, 0.2) is 42.5 Å². The number of imidazole rings is 2. The summed E-state index contributed by atoms with van der Waals surface area (Å²) in [5.41, 5.74) is 14.9. The molecule has 0 radical (unpaired) electrons. The van der Waals surface area contributed by atoms with Crippen LogP contribution in [0, 0.1) is 13.8 Å². The van der Waals surface area contributed by atoms with Gasteiger partial charge in [0.15, 0.2) is 0 Å². The molecule has 0 bridgehead atoms. The molecule has 4 aromatic heterocycles. The van der Waals surface area contributed by atoms with E-state index in [2.05, 4.69) is 25.7 Å². The lowest BCUT2D eigenvalue weighted by atomic mass is 10.1. The van der Waals surface area contributed by atoms with Gasteiger partial charge in [0.25, 0.3) is 11.8 Å². The number of aryl methyl sites for hydroxylation is 4. The average Bonchev–Trinajstić information content (AvgIpc) is 3.95. The molecule has 298 valence electrons. The van der Waals surface area contributed by atoms with Crippen LogP contribution in [0.1, 0.15) is 77.5 Å². The van der Waals surface area contributed by atoms with E-state index in [-0.39, 0.29) is 55.1 Å². The molecule has 0 aliphatic carbocycles. The van der Waals surface area contributed by atoms with Crippen molar-refractivity contribution in [2.24, 2.45) is 11.5 Å². The van der Waals surface area contributed by atoms with Gasteiger partial charge in [-0.25, -0.2) is 15.0 Å². The SMILES string of the molecule is CCc1nc(C)sc1C(=O)Nc1nc2cc(C(N)=O)cc(OCCCO)c2n1C/C=C/Cn1c(NC(=O)c2cc(C)nn2CC)nc2cc(C(N)=O)cc(OC)c21. The highest BCUT2D eigenvalue weighted by Crippen LogP contribution is 2.33. The molecule has 0 atom stereocenters. The highest BCUT2D eigenvalue weighted by atomic mass is 32.1. The average molecular weight is 798 g/mol. The van der Waals surface area contributed by atoms with E-state index in [1.807, 2.05) is 32.9 Å². The summed E-state index contributed by atoms with van der Waals surface area (Å²) in [6, 6.07) is 7.73. The van der Waals surface area contributed by atoms with Gasteiger partial charge in [-0.15, -0.1) is 11.3 Å². The van der Waals surface area contributed by atoms with Crippen molar-refractivity contribution in [3.05, 3.63) is 80.6 Å². The number of allylic oxidation sites excluding steroid dienone is 2. The lowest BCUT2D eigenvalue weighted by Gasteiger charge is -2.13. The van der Waals surface area contributed by atoms with E-state index in [4.69, 9.17) is 25.9 Å². The van der Waals surface area contributed by atoms with Gasteiger partial charge in [0.1, 0.15) is 33.1 Å². The number of methoxy groups -OCH3 is 1. The third-order valence-corrected chi connectivity index (χ3v) is 9.95. The second kappa shape index (κ2) is 17.0. The summed E-state index contributed by atoms with van der Waals surface area (Å²) < 4.78 is 16.7. The molecule has 57 heavy (non-hydrogen) atoms. The van der Waals surface area contributed by atoms with Crippen molar-refractivity contribution >= 4 is 68.9 Å². The minimum atomic E-state index is -0.695. The molecule has 0 saturated heterocycles. The number of amides is 4. The molecule has 4 amide bonds. The number of rotatable bonds is 17. The largest absolute Gasteiger partial charge is 0.494 e. The Kier molecular flexibility index (Phi) is 12.0. The maximum Gasteiger partial charge on any atom is 0.276 e. The lowest BCUT2D eigenvalue weighted by molar-refractivity contribution is 0.0991. The van der Waals surface area contributed by atoms with E-state index in [0.29, 0.717) is 69.2 Å². The number of carbonyl (C=O) groups excluding carboxylic acids is 4. The van der Waals surface area contributed by atoms with Crippen LogP contribution >= 0.6 is 11.3 Å². The Labute approximate surface area is 330 Å². The topological polar surface area (TPSA) is 249 Å². The zero-order valence-corrected chi connectivity index (χ0v) is 32.9. The molecular weight excluding hydrogens is 755 g/mol. The minimum Gasteiger partial charge on any atom is -0.494 e. The summed E-state index contributed by atoms with van der Waals surface area (Å²) in [7, 11) is 1.45. The van der Waals surface area contributed by atoms with Crippen LogP contribution in [0.25, 0.3) is 22.1 Å². The fraction of sp³-hybridized carbons (Fsp3) is 0.316. The molecule has 19 heteroatoms. The van der Waals surface area contributed by atoms with Crippen LogP contribution in [-0.2, 0) is 26.1 Å². The number of aliphatic hydroxyl groups excluding tert-OH is 1. The van der Waals surface area contributed by atoms with Crippen LogP contribution in [0.5, 0.6) is 11.5 Å². The van der Waals surface area contributed by atoms with E-state index >= 15 is 0 Å². The summed E-state index contributed by atoms with van der Waals surface area (Å²) in [6.07, 6.45) is 4.52. The van der Waals surface area contributed by atoms with Gasteiger partial charge >= 0.3 is 0 Å².